The van der Waals surface area contributed by atoms with Crippen molar-refractivity contribution in [3.05, 3.63) is 41.5 Å². The molecule has 4 aliphatic rings. The molecule has 13 heteroatoms. The number of halogens is 2. The van der Waals surface area contributed by atoms with E-state index < -0.39 is 17.4 Å². The number of methoxy groups -OCH3 is 1. The Bertz CT molecular complexity index is 2080. The second-order valence-corrected chi connectivity index (χ2v) is 15.1. The highest BCUT2D eigenvalue weighted by Crippen LogP contribution is 2.49. The molecule has 1 saturated carbocycles. The predicted molar refractivity (Wildman–Crippen MR) is 195 cm³/mol. The minimum Gasteiger partial charge on any atom is -0.508 e. The first kappa shape index (κ1) is 35.7. The highest BCUT2D eigenvalue weighted by Gasteiger charge is 2.49. The number of phenols is 1. The first-order chi connectivity index (χ1) is 25.6. The number of pyridine rings is 1. The van der Waals surface area contributed by atoms with Crippen LogP contribution in [0, 0.1) is 29.4 Å². The van der Waals surface area contributed by atoms with E-state index in [1.165, 1.54) is 31.4 Å². The maximum absolute atomic E-state index is 17.2. The van der Waals surface area contributed by atoms with Gasteiger partial charge >= 0.3 is 6.01 Å². The quantitative estimate of drug-likeness (QED) is 0.209. The maximum Gasteiger partial charge on any atom is 0.319 e. The zero-order chi connectivity index (χ0) is 36.9. The molecular weight excluding hydrogens is 684 g/mol. The fourth-order valence-electron chi connectivity index (χ4n) is 8.99. The van der Waals surface area contributed by atoms with Crippen molar-refractivity contribution in [2.24, 2.45) is 5.41 Å². The van der Waals surface area contributed by atoms with E-state index in [1.54, 1.807) is 0 Å². The summed E-state index contributed by atoms with van der Waals surface area (Å²) in [5.74, 6) is 0.684. The molecule has 53 heavy (non-hydrogen) atoms. The van der Waals surface area contributed by atoms with Crippen molar-refractivity contribution in [2.75, 3.05) is 64.6 Å². The normalized spacial score (nSPS) is 24.6. The van der Waals surface area contributed by atoms with Crippen LogP contribution in [0.4, 0.5) is 14.6 Å². The fourth-order valence-corrected chi connectivity index (χ4v) is 8.99. The smallest absolute Gasteiger partial charge is 0.319 e. The molecule has 3 aliphatic heterocycles. The van der Waals surface area contributed by atoms with Crippen LogP contribution in [-0.4, -0.2) is 103 Å². The predicted octanol–water partition coefficient (Wildman–Crippen LogP) is 6.21. The van der Waals surface area contributed by atoms with Crippen molar-refractivity contribution in [1.29, 1.82) is 0 Å². The summed E-state index contributed by atoms with van der Waals surface area (Å²) in [4.78, 5) is 18.8. The zero-order valence-corrected chi connectivity index (χ0v) is 30.4. The zero-order valence-electron chi connectivity index (χ0n) is 30.4. The summed E-state index contributed by atoms with van der Waals surface area (Å²) >= 11 is 0. The molecule has 0 bridgehead atoms. The number of aromatic nitrogens is 3. The number of likely N-dealkylation sites (tertiary alicyclic amines) is 1. The Morgan fingerprint density at radius 3 is 2.68 bits per heavy atom. The third kappa shape index (κ3) is 6.60. The average molecular weight is 730 g/mol. The average Bonchev–Trinajstić information content (AvgIpc) is 3.62. The Morgan fingerprint density at radius 2 is 1.89 bits per heavy atom. The molecule has 4 fully saturated rings. The summed E-state index contributed by atoms with van der Waals surface area (Å²) in [7, 11) is 1.44. The number of fused-ring (bicyclic) bond motifs is 3. The molecule has 3 saturated heterocycles. The van der Waals surface area contributed by atoms with Crippen molar-refractivity contribution < 1.29 is 37.6 Å². The molecule has 280 valence electrons. The number of piperidine rings is 1. The number of nitrogens with zero attached hydrogens (tertiary/aromatic N) is 5. The van der Waals surface area contributed by atoms with Crippen molar-refractivity contribution in [3.63, 3.8) is 0 Å². The van der Waals surface area contributed by atoms with Gasteiger partial charge in [-0.15, -0.1) is 6.42 Å². The van der Waals surface area contributed by atoms with Crippen LogP contribution in [0.25, 0.3) is 32.9 Å². The van der Waals surface area contributed by atoms with Crippen LogP contribution >= 0.6 is 0 Å². The lowest BCUT2D eigenvalue weighted by Gasteiger charge is -2.46. The van der Waals surface area contributed by atoms with E-state index in [0.29, 0.717) is 56.8 Å². The van der Waals surface area contributed by atoms with Gasteiger partial charge in [-0.1, -0.05) is 18.4 Å². The van der Waals surface area contributed by atoms with Crippen LogP contribution in [-0.2, 0) is 14.2 Å². The maximum atomic E-state index is 17.2. The second kappa shape index (κ2) is 14.1. The summed E-state index contributed by atoms with van der Waals surface area (Å²) in [5.41, 5.74) is -0.370. The second-order valence-electron chi connectivity index (χ2n) is 15.1. The molecule has 8 rings (SSSR count). The first-order valence-electron chi connectivity index (χ1n) is 18.5. The molecule has 4 aromatic rings. The van der Waals surface area contributed by atoms with Gasteiger partial charge in [0.05, 0.1) is 38.6 Å². The van der Waals surface area contributed by atoms with Gasteiger partial charge in [-0.25, -0.2) is 13.8 Å². The molecular formula is C40H45F2N5O6. The van der Waals surface area contributed by atoms with Gasteiger partial charge < -0.3 is 33.7 Å². The molecule has 0 radical (unpaired) electrons. The molecule has 1 aliphatic carbocycles. The molecule has 3 atom stereocenters. The number of hydrogen-bond donors (Lipinski definition) is 1. The Balaban J connectivity index is 1.21. The van der Waals surface area contributed by atoms with Crippen LogP contribution in [0.1, 0.15) is 57.9 Å². The van der Waals surface area contributed by atoms with Crippen molar-refractivity contribution in [2.45, 2.75) is 70.3 Å². The van der Waals surface area contributed by atoms with Gasteiger partial charge in [0.15, 0.2) is 11.6 Å². The summed E-state index contributed by atoms with van der Waals surface area (Å²) in [6, 6.07) is 5.80. The minimum absolute atomic E-state index is 0.00363. The summed E-state index contributed by atoms with van der Waals surface area (Å²) in [6.07, 6.45) is 11.6. The van der Waals surface area contributed by atoms with Crippen LogP contribution in [0.2, 0.25) is 0 Å². The van der Waals surface area contributed by atoms with Gasteiger partial charge in [-0.05, 0) is 76.1 Å². The number of anilines is 1. The van der Waals surface area contributed by atoms with Crippen molar-refractivity contribution in [1.82, 2.24) is 19.9 Å². The monoisotopic (exact) mass is 729 g/mol. The van der Waals surface area contributed by atoms with Crippen LogP contribution < -0.4 is 14.4 Å². The summed E-state index contributed by atoms with van der Waals surface area (Å²) in [5, 5.41) is 11.6. The Kier molecular flexibility index (Phi) is 9.51. The fraction of sp³-hybridized carbons (Fsp3) is 0.525. The minimum atomic E-state index is -0.804. The summed E-state index contributed by atoms with van der Waals surface area (Å²) < 4.78 is 62.4. The van der Waals surface area contributed by atoms with E-state index in [4.69, 9.17) is 40.1 Å². The SMILES string of the molecule is C#Cc1c(F)ccc2cc(O)cc(-c3nc(OC)c4c(N5CCCOCC5)nc(OCC56CCCC5N(CC5COC(C)(C)O5)CCC6)nc4c3F)c12. The standard InChI is InChI=1S/C40H45F2N5O6/c1-5-27-29(41)11-10-24-19-25(48)20-28(31(24)27)34-33(42)35-32(37(43-34)49-4)36(46-15-8-17-50-18-16-46)45-38(44-35)51-23-40-12-6-9-30(40)47(14-7-13-40)21-26-22-52-39(2,3)53-26/h1,10-11,19-20,26,30,48H,6-9,12-18,21-23H2,2-4H3. The van der Waals surface area contributed by atoms with Crippen LogP contribution in [0.3, 0.4) is 0 Å². The highest BCUT2D eigenvalue weighted by atomic mass is 19.1. The molecule has 3 unspecified atom stereocenters. The number of hydrogen-bond acceptors (Lipinski definition) is 11. The number of benzene rings is 2. The Morgan fingerprint density at radius 1 is 1.04 bits per heavy atom. The number of rotatable bonds is 8. The van der Waals surface area contributed by atoms with E-state index in [9.17, 15) is 5.11 Å². The molecule has 5 heterocycles. The van der Waals surface area contributed by atoms with Gasteiger partial charge in [-0.3, -0.25) is 4.90 Å². The lowest BCUT2D eigenvalue weighted by atomic mass is 9.75. The number of terminal acetylenes is 1. The van der Waals surface area contributed by atoms with Crippen molar-refractivity contribution in [3.8, 4) is 41.2 Å². The van der Waals surface area contributed by atoms with Crippen molar-refractivity contribution >= 4 is 27.5 Å². The molecule has 11 nitrogen and oxygen atoms in total. The third-order valence-electron chi connectivity index (χ3n) is 11.3. The van der Waals surface area contributed by atoms with Crippen LogP contribution in [0.15, 0.2) is 24.3 Å². The van der Waals surface area contributed by atoms with Gasteiger partial charge in [0.1, 0.15) is 34.0 Å². The van der Waals surface area contributed by atoms with Crippen LogP contribution in [0.5, 0.6) is 17.6 Å². The Labute approximate surface area is 307 Å². The molecule has 1 N–H and O–H groups in total. The van der Waals surface area contributed by atoms with E-state index in [-0.39, 0.29) is 62.3 Å². The third-order valence-corrected chi connectivity index (χ3v) is 11.3. The molecule has 0 amide bonds. The topological polar surface area (TPSA) is 112 Å². The largest absolute Gasteiger partial charge is 0.508 e. The lowest BCUT2D eigenvalue weighted by molar-refractivity contribution is -0.143. The van der Waals surface area contributed by atoms with Gasteiger partial charge in [0, 0.05) is 48.6 Å². The van der Waals surface area contributed by atoms with E-state index in [2.05, 4.69) is 15.8 Å². The molecule has 2 aromatic carbocycles. The first-order valence-corrected chi connectivity index (χ1v) is 18.5. The number of aromatic hydroxyl groups is 1. The van der Waals surface area contributed by atoms with E-state index >= 15 is 8.78 Å². The molecule has 0 spiro atoms. The van der Waals surface area contributed by atoms with Gasteiger partial charge in [0.2, 0.25) is 5.88 Å². The Hall–Kier alpha value is -4.35. The lowest BCUT2D eigenvalue weighted by Crippen LogP contribution is -2.54. The highest BCUT2D eigenvalue weighted by molar-refractivity contribution is 6.04. The number of ether oxygens (including phenoxy) is 5. The van der Waals surface area contributed by atoms with Gasteiger partial charge in [0.25, 0.3) is 0 Å². The molecule has 2 aromatic heterocycles. The summed E-state index contributed by atoms with van der Waals surface area (Å²) in [6.45, 7) is 8.76. The van der Waals surface area contributed by atoms with E-state index in [1.807, 2.05) is 18.7 Å². The number of phenolic OH excluding ortho intramolecular Hbond substituents is 1. The van der Waals surface area contributed by atoms with Gasteiger partial charge in [-0.2, -0.15) is 9.97 Å². The van der Waals surface area contributed by atoms with E-state index in [0.717, 1.165) is 51.6 Å².